The van der Waals surface area contributed by atoms with E-state index in [0.29, 0.717) is 45.0 Å². The molecule has 3 aromatic rings. The van der Waals surface area contributed by atoms with Gasteiger partial charge in [0, 0.05) is 37.5 Å². The summed E-state index contributed by atoms with van der Waals surface area (Å²) in [5.41, 5.74) is 2.66. The van der Waals surface area contributed by atoms with E-state index in [0.717, 1.165) is 11.3 Å². The fourth-order valence-corrected chi connectivity index (χ4v) is 3.52. The van der Waals surface area contributed by atoms with E-state index in [1.165, 1.54) is 6.07 Å². The maximum absolute atomic E-state index is 12.5. The SMILES string of the molecule is O=C(NCCc1cnn(-c2ccccc2)c1)c1ccc(N2CCOCC2)c([N+](=O)[O-])c1. The normalized spacial score (nSPS) is 13.7. The molecule has 31 heavy (non-hydrogen) atoms. The summed E-state index contributed by atoms with van der Waals surface area (Å²) in [4.78, 5) is 25.6. The number of hydrogen-bond donors (Lipinski definition) is 1. The molecule has 0 atom stereocenters. The molecule has 1 aliphatic rings. The summed E-state index contributed by atoms with van der Waals surface area (Å²) in [6.45, 7) is 2.63. The van der Waals surface area contributed by atoms with Gasteiger partial charge in [0.15, 0.2) is 0 Å². The van der Waals surface area contributed by atoms with Crippen molar-refractivity contribution < 1.29 is 14.5 Å². The number of para-hydroxylation sites is 1. The molecule has 4 rings (SSSR count). The highest BCUT2D eigenvalue weighted by molar-refractivity contribution is 5.95. The number of nitrogens with one attached hydrogen (secondary N) is 1. The molecule has 0 aliphatic carbocycles. The molecule has 0 spiro atoms. The molecule has 1 aliphatic heterocycles. The molecule has 9 nitrogen and oxygen atoms in total. The molecule has 0 unspecified atom stereocenters. The molecule has 1 amide bonds. The first-order valence-corrected chi connectivity index (χ1v) is 10.1. The highest BCUT2D eigenvalue weighted by atomic mass is 16.6. The van der Waals surface area contributed by atoms with Gasteiger partial charge in [0.1, 0.15) is 5.69 Å². The van der Waals surface area contributed by atoms with Gasteiger partial charge in [-0.25, -0.2) is 4.68 Å². The minimum atomic E-state index is -0.445. The van der Waals surface area contributed by atoms with Crippen LogP contribution in [-0.2, 0) is 11.2 Å². The summed E-state index contributed by atoms with van der Waals surface area (Å²) in [6.07, 6.45) is 4.29. The van der Waals surface area contributed by atoms with Crippen molar-refractivity contribution in [2.24, 2.45) is 0 Å². The van der Waals surface area contributed by atoms with E-state index in [-0.39, 0.29) is 17.2 Å². The van der Waals surface area contributed by atoms with Gasteiger partial charge in [-0.1, -0.05) is 18.2 Å². The molecular weight excluding hydrogens is 398 g/mol. The number of amides is 1. The summed E-state index contributed by atoms with van der Waals surface area (Å²) < 4.78 is 7.09. The molecular formula is C22H23N5O4. The summed E-state index contributed by atoms with van der Waals surface area (Å²) in [7, 11) is 0. The first-order chi connectivity index (χ1) is 15.1. The van der Waals surface area contributed by atoms with Crippen molar-refractivity contribution in [2.75, 3.05) is 37.7 Å². The van der Waals surface area contributed by atoms with Gasteiger partial charge in [0.2, 0.25) is 0 Å². The average Bonchev–Trinajstić information content (AvgIpc) is 3.28. The monoisotopic (exact) mass is 421 g/mol. The van der Waals surface area contributed by atoms with Crippen LogP contribution in [-0.4, -0.2) is 53.5 Å². The Hall–Kier alpha value is -3.72. The maximum atomic E-state index is 12.5. The number of nitrogens with zero attached hydrogens (tertiary/aromatic N) is 4. The summed E-state index contributed by atoms with van der Waals surface area (Å²) >= 11 is 0. The topological polar surface area (TPSA) is 103 Å². The van der Waals surface area contributed by atoms with Crippen LogP contribution in [0, 0.1) is 10.1 Å². The second-order valence-electron chi connectivity index (χ2n) is 7.19. The lowest BCUT2D eigenvalue weighted by Gasteiger charge is -2.28. The number of carbonyl (C=O) groups is 1. The molecule has 1 fully saturated rings. The number of aromatic nitrogens is 2. The van der Waals surface area contributed by atoms with E-state index in [4.69, 9.17) is 4.74 Å². The van der Waals surface area contributed by atoms with Crippen LogP contribution < -0.4 is 10.2 Å². The van der Waals surface area contributed by atoms with Crippen LogP contribution in [0.25, 0.3) is 5.69 Å². The van der Waals surface area contributed by atoms with E-state index in [1.54, 1.807) is 23.0 Å². The fraction of sp³-hybridized carbons (Fsp3) is 0.273. The minimum Gasteiger partial charge on any atom is -0.378 e. The smallest absolute Gasteiger partial charge is 0.293 e. The van der Waals surface area contributed by atoms with Crippen molar-refractivity contribution in [3.8, 4) is 5.69 Å². The number of ether oxygens (including phenoxy) is 1. The zero-order chi connectivity index (χ0) is 21.6. The molecule has 9 heteroatoms. The van der Waals surface area contributed by atoms with Crippen LogP contribution in [0.2, 0.25) is 0 Å². The van der Waals surface area contributed by atoms with Crippen molar-refractivity contribution >= 4 is 17.3 Å². The third-order valence-electron chi connectivity index (χ3n) is 5.14. The number of nitro benzene ring substituents is 1. The molecule has 1 N–H and O–H groups in total. The minimum absolute atomic E-state index is 0.0707. The lowest BCUT2D eigenvalue weighted by atomic mass is 10.1. The Morgan fingerprint density at radius 2 is 1.94 bits per heavy atom. The number of anilines is 1. The number of nitro groups is 1. The van der Waals surface area contributed by atoms with Crippen molar-refractivity contribution in [3.63, 3.8) is 0 Å². The van der Waals surface area contributed by atoms with Gasteiger partial charge in [-0.2, -0.15) is 5.10 Å². The van der Waals surface area contributed by atoms with Crippen molar-refractivity contribution in [1.29, 1.82) is 0 Å². The molecule has 0 saturated carbocycles. The third-order valence-corrected chi connectivity index (χ3v) is 5.14. The van der Waals surface area contributed by atoms with E-state index < -0.39 is 4.92 Å². The van der Waals surface area contributed by atoms with E-state index in [1.807, 2.05) is 41.4 Å². The lowest BCUT2D eigenvalue weighted by Crippen LogP contribution is -2.36. The molecule has 1 saturated heterocycles. The van der Waals surface area contributed by atoms with Crippen molar-refractivity contribution in [1.82, 2.24) is 15.1 Å². The first kappa shape index (κ1) is 20.5. The summed E-state index contributed by atoms with van der Waals surface area (Å²) in [5, 5.41) is 18.7. The zero-order valence-electron chi connectivity index (χ0n) is 16.9. The number of carbonyl (C=O) groups excluding carboxylic acids is 1. The molecule has 1 aromatic heterocycles. The number of morpholine rings is 1. The van der Waals surface area contributed by atoms with Gasteiger partial charge >= 0.3 is 0 Å². The fourth-order valence-electron chi connectivity index (χ4n) is 3.52. The van der Waals surface area contributed by atoms with Gasteiger partial charge in [0.05, 0.1) is 30.0 Å². The Morgan fingerprint density at radius 1 is 1.16 bits per heavy atom. The predicted octanol–water partition coefficient (Wildman–Crippen LogP) is 2.59. The Morgan fingerprint density at radius 3 is 2.68 bits per heavy atom. The highest BCUT2D eigenvalue weighted by Crippen LogP contribution is 2.29. The molecule has 2 heterocycles. The number of benzene rings is 2. The molecule has 0 radical (unpaired) electrons. The van der Waals surface area contributed by atoms with Crippen LogP contribution in [0.15, 0.2) is 60.9 Å². The standard InChI is InChI=1S/C22H23N5O4/c28-22(23-9-8-17-15-24-26(16-17)19-4-2-1-3-5-19)18-6-7-20(21(14-18)27(29)30)25-10-12-31-13-11-25/h1-7,14-16H,8-13H2,(H,23,28). The highest BCUT2D eigenvalue weighted by Gasteiger charge is 2.23. The van der Waals surface area contributed by atoms with Crippen LogP contribution in [0.5, 0.6) is 0 Å². The van der Waals surface area contributed by atoms with Gasteiger partial charge in [-0.15, -0.1) is 0 Å². The zero-order valence-corrected chi connectivity index (χ0v) is 16.9. The van der Waals surface area contributed by atoms with Crippen LogP contribution in [0.3, 0.4) is 0 Å². The molecule has 2 aromatic carbocycles. The van der Waals surface area contributed by atoms with E-state index in [9.17, 15) is 14.9 Å². The summed E-state index contributed by atoms with van der Waals surface area (Å²) in [5.74, 6) is -0.341. The average molecular weight is 421 g/mol. The van der Waals surface area contributed by atoms with Gasteiger partial charge in [0.25, 0.3) is 11.6 Å². The van der Waals surface area contributed by atoms with E-state index in [2.05, 4.69) is 10.4 Å². The number of hydrogen-bond acceptors (Lipinski definition) is 6. The Kier molecular flexibility index (Phi) is 6.23. The van der Waals surface area contributed by atoms with Crippen LogP contribution in [0.4, 0.5) is 11.4 Å². The molecule has 0 bridgehead atoms. The Balaban J connectivity index is 1.38. The Bertz CT molecular complexity index is 1060. The third kappa shape index (κ3) is 4.89. The lowest BCUT2D eigenvalue weighted by molar-refractivity contribution is -0.384. The second-order valence-corrected chi connectivity index (χ2v) is 7.19. The van der Waals surface area contributed by atoms with Crippen molar-refractivity contribution in [3.05, 3.63) is 82.2 Å². The van der Waals surface area contributed by atoms with Gasteiger partial charge in [-0.05, 0) is 36.2 Å². The Labute approximate surface area is 179 Å². The second kappa shape index (κ2) is 9.40. The molecule has 160 valence electrons. The van der Waals surface area contributed by atoms with E-state index >= 15 is 0 Å². The van der Waals surface area contributed by atoms with Crippen LogP contribution in [0.1, 0.15) is 15.9 Å². The van der Waals surface area contributed by atoms with Gasteiger partial charge in [-0.3, -0.25) is 14.9 Å². The summed E-state index contributed by atoms with van der Waals surface area (Å²) in [6, 6.07) is 14.4. The van der Waals surface area contributed by atoms with Crippen molar-refractivity contribution in [2.45, 2.75) is 6.42 Å². The number of rotatable bonds is 7. The predicted molar refractivity (Wildman–Crippen MR) is 116 cm³/mol. The maximum Gasteiger partial charge on any atom is 0.293 e. The van der Waals surface area contributed by atoms with Crippen LogP contribution >= 0.6 is 0 Å². The largest absolute Gasteiger partial charge is 0.378 e. The van der Waals surface area contributed by atoms with Gasteiger partial charge < -0.3 is 15.0 Å². The first-order valence-electron chi connectivity index (χ1n) is 10.1. The quantitative estimate of drug-likeness (QED) is 0.465.